The van der Waals surface area contributed by atoms with Gasteiger partial charge in [0.1, 0.15) is 17.1 Å². The number of aromatic hydroxyl groups is 1. The Morgan fingerprint density at radius 1 is 1.47 bits per heavy atom. The number of methoxy groups -OCH3 is 2. The van der Waals surface area contributed by atoms with E-state index >= 15 is 0 Å². The van der Waals surface area contributed by atoms with Gasteiger partial charge in [-0.15, -0.1) is 0 Å². The third-order valence-electron chi connectivity index (χ3n) is 2.12. The van der Waals surface area contributed by atoms with Crippen LogP contribution in [-0.2, 0) is 4.74 Å². The average molecular weight is 211 g/mol. The van der Waals surface area contributed by atoms with E-state index < -0.39 is 5.97 Å². The summed E-state index contributed by atoms with van der Waals surface area (Å²) in [6.45, 7) is 1.61. The van der Waals surface area contributed by atoms with Gasteiger partial charge in [0.25, 0.3) is 0 Å². The number of hydrogen-bond donors (Lipinski definition) is 2. The number of nitrogens with two attached hydrogens (primary N) is 1. The van der Waals surface area contributed by atoms with E-state index in [-0.39, 0.29) is 17.0 Å². The third kappa shape index (κ3) is 1.81. The van der Waals surface area contributed by atoms with Crippen LogP contribution in [0.4, 0.5) is 5.69 Å². The maximum Gasteiger partial charge on any atom is 0.341 e. The Bertz CT molecular complexity index is 401. The van der Waals surface area contributed by atoms with Gasteiger partial charge in [0.2, 0.25) is 0 Å². The van der Waals surface area contributed by atoms with E-state index in [1.54, 1.807) is 6.92 Å². The van der Waals surface area contributed by atoms with Gasteiger partial charge in [-0.2, -0.15) is 0 Å². The van der Waals surface area contributed by atoms with Gasteiger partial charge in [-0.3, -0.25) is 0 Å². The fourth-order valence-electron chi connectivity index (χ4n) is 1.35. The number of carbonyl (C=O) groups excluding carboxylic acids is 1. The van der Waals surface area contributed by atoms with Crippen LogP contribution in [-0.4, -0.2) is 25.3 Å². The van der Waals surface area contributed by atoms with Gasteiger partial charge in [0.05, 0.1) is 19.9 Å². The highest BCUT2D eigenvalue weighted by Crippen LogP contribution is 2.35. The van der Waals surface area contributed by atoms with Crippen LogP contribution in [0.2, 0.25) is 0 Å². The van der Waals surface area contributed by atoms with Crippen molar-refractivity contribution in [2.45, 2.75) is 6.92 Å². The van der Waals surface area contributed by atoms with E-state index in [0.29, 0.717) is 11.3 Å². The molecule has 0 unspecified atom stereocenters. The van der Waals surface area contributed by atoms with Crippen LogP contribution in [0.3, 0.4) is 0 Å². The molecule has 0 fully saturated rings. The van der Waals surface area contributed by atoms with Crippen molar-refractivity contribution in [2.24, 2.45) is 0 Å². The van der Waals surface area contributed by atoms with Gasteiger partial charge in [-0.25, -0.2) is 4.79 Å². The summed E-state index contributed by atoms with van der Waals surface area (Å²) in [5.41, 5.74) is 6.39. The first-order chi connectivity index (χ1) is 7.02. The Kier molecular flexibility index (Phi) is 3.04. The molecule has 1 aromatic carbocycles. The zero-order valence-corrected chi connectivity index (χ0v) is 8.83. The molecular formula is C10H13NO4. The second kappa shape index (κ2) is 4.08. The molecule has 5 nitrogen and oxygen atoms in total. The molecule has 5 heteroatoms. The van der Waals surface area contributed by atoms with E-state index in [1.165, 1.54) is 20.3 Å². The molecule has 0 amide bonds. The fourth-order valence-corrected chi connectivity index (χ4v) is 1.35. The zero-order chi connectivity index (χ0) is 11.6. The van der Waals surface area contributed by atoms with Crippen LogP contribution in [0.25, 0.3) is 0 Å². The van der Waals surface area contributed by atoms with E-state index in [2.05, 4.69) is 4.74 Å². The van der Waals surface area contributed by atoms with Gasteiger partial charge in [0, 0.05) is 5.56 Å². The number of hydrogen-bond acceptors (Lipinski definition) is 5. The quantitative estimate of drug-likeness (QED) is 0.434. The van der Waals surface area contributed by atoms with Crippen molar-refractivity contribution in [1.29, 1.82) is 0 Å². The van der Waals surface area contributed by atoms with Crippen molar-refractivity contribution in [3.05, 3.63) is 17.2 Å². The maximum atomic E-state index is 11.3. The molecule has 0 aliphatic heterocycles. The lowest BCUT2D eigenvalue weighted by atomic mass is 10.1. The molecule has 0 saturated carbocycles. The summed E-state index contributed by atoms with van der Waals surface area (Å²) in [5.74, 6) is -0.446. The number of benzene rings is 1. The molecule has 0 bridgehead atoms. The first kappa shape index (κ1) is 11.2. The van der Waals surface area contributed by atoms with Gasteiger partial charge in [-0.1, -0.05) is 0 Å². The van der Waals surface area contributed by atoms with Gasteiger partial charge < -0.3 is 20.3 Å². The van der Waals surface area contributed by atoms with Crippen molar-refractivity contribution < 1.29 is 19.4 Å². The first-order valence-electron chi connectivity index (χ1n) is 4.27. The second-order valence-electron chi connectivity index (χ2n) is 3.01. The van der Waals surface area contributed by atoms with Gasteiger partial charge in [-0.05, 0) is 13.0 Å². The summed E-state index contributed by atoms with van der Waals surface area (Å²) in [5, 5.41) is 9.70. The minimum atomic E-state index is -0.634. The molecule has 3 N–H and O–H groups in total. The Hall–Kier alpha value is -1.91. The molecule has 0 aliphatic rings. The van der Waals surface area contributed by atoms with E-state index in [9.17, 15) is 9.90 Å². The number of rotatable bonds is 2. The topological polar surface area (TPSA) is 81.8 Å². The number of anilines is 1. The summed E-state index contributed by atoms with van der Waals surface area (Å²) in [4.78, 5) is 11.3. The summed E-state index contributed by atoms with van der Waals surface area (Å²) < 4.78 is 9.49. The molecule has 0 atom stereocenters. The van der Waals surface area contributed by atoms with Crippen molar-refractivity contribution in [1.82, 2.24) is 0 Å². The Morgan fingerprint density at radius 2 is 2.07 bits per heavy atom. The van der Waals surface area contributed by atoms with Crippen LogP contribution in [0.15, 0.2) is 6.07 Å². The van der Waals surface area contributed by atoms with E-state index in [1.807, 2.05) is 0 Å². The van der Waals surface area contributed by atoms with Crippen LogP contribution in [0.1, 0.15) is 15.9 Å². The summed E-state index contributed by atoms with van der Waals surface area (Å²) in [7, 11) is 2.67. The van der Waals surface area contributed by atoms with E-state index in [4.69, 9.17) is 10.5 Å². The lowest BCUT2D eigenvalue weighted by molar-refractivity contribution is 0.0597. The lowest BCUT2D eigenvalue weighted by Crippen LogP contribution is -2.05. The third-order valence-corrected chi connectivity index (χ3v) is 2.12. The average Bonchev–Trinajstić information content (AvgIpc) is 2.23. The van der Waals surface area contributed by atoms with Crippen LogP contribution in [0.5, 0.6) is 11.5 Å². The van der Waals surface area contributed by atoms with Crippen LogP contribution >= 0.6 is 0 Å². The smallest absolute Gasteiger partial charge is 0.341 e. The number of nitrogen functional groups attached to an aromatic ring is 1. The number of esters is 1. The number of phenols is 1. The Labute approximate surface area is 87.4 Å². The van der Waals surface area contributed by atoms with Gasteiger partial charge in [0.15, 0.2) is 0 Å². The van der Waals surface area contributed by atoms with Crippen molar-refractivity contribution in [3.63, 3.8) is 0 Å². The SMILES string of the molecule is COC(=O)c1cc(N)c(OC)c(C)c1O. The Morgan fingerprint density at radius 3 is 2.53 bits per heavy atom. The van der Waals surface area contributed by atoms with E-state index in [0.717, 1.165) is 0 Å². The molecule has 0 aliphatic carbocycles. The minimum Gasteiger partial charge on any atom is -0.507 e. The highest BCUT2D eigenvalue weighted by molar-refractivity contribution is 5.95. The maximum absolute atomic E-state index is 11.3. The van der Waals surface area contributed by atoms with Gasteiger partial charge >= 0.3 is 5.97 Å². The summed E-state index contributed by atoms with van der Waals surface area (Å²) in [6.07, 6.45) is 0. The molecule has 1 rings (SSSR count). The molecule has 1 aromatic rings. The molecule has 0 spiro atoms. The highest BCUT2D eigenvalue weighted by atomic mass is 16.5. The number of carbonyl (C=O) groups is 1. The van der Waals surface area contributed by atoms with Crippen LogP contribution in [0, 0.1) is 6.92 Å². The minimum absolute atomic E-state index is 0.0355. The normalized spacial score (nSPS) is 9.80. The molecular weight excluding hydrogens is 198 g/mol. The van der Waals surface area contributed by atoms with Crippen molar-refractivity contribution in [2.75, 3.05) is 20.0 Å². The fraction of sp³-hybridized carbons (Fsp3) is 0.300. The molecule has 0 heterocycles. The predicted octanol–water partition coefficient (Wildman–Crippen LogP) is 1.08. The predicted molar refractivity (Wildman–Crippen MR) is 55.1 cm³/mol. The number of phenolic OH excluding ortho intramolecular Hbond substituents is 1. The molecule has 0 saturated heterocycles. The highest BCUT2D eigenvalue weighted by Gasteiger charge is 2.18. The second-order valence-corrected chi connectivity index (χ2v) is 3.01. The summed E-state index contributed by atoms with van der Waals surface area (Å²) in [6, 6.07) is 1.33. The lowest BCUT2D eigenvalue weighted by Gasteiger charge is -2.12. The first-order valence-corrected chi connectivity index (χ1v) is 4.27. The number of ether oxygens (including phenoxy) is 2. The van der Waals surface area contributed by atoms with Crippen molar-refractivity contribution in [3.8, 4) is 11.5 Å². The van der Waals surface area contributed by atoms with Crippen molar-refractivity contribution >= 4 is 11.7 Å². The Balaban J connectivity index is 3.40. The summed E-state index contributed by atoms with van der Waals surface area (Å²) >= 11 is 0. The monoisotopic (exact) mass is 211 g/mol. The molecule has 0 aromatic heterocycles. The standard InChI is InChI=1S/C10H13NO4/c1-5-8(12)6(10(13)15-3)4-7(11)9(5)14-2/h4,12H,11H2,1-3H3. The molecule has 15 heavy (non-hydrogen) atoms. The molecule has 82 valence electrons. The zero-order valence-electron chi connectivity index (χ0n) is 8.83. The van der Waals surface area contributed by atoms with Crippen LogP contribution < -0.4 is 10.5 Å². The largest absolute Gasteiger partial charge is 0.507 e. The molecule has 0 radical (unpaired) electrons.